The Morgan fingerprint density at radius 2 is 1.80 bits per heavy atom. The molecular weight excluding hydrogens is 324 g/mol. The first kappa shape index (κ1) is 17.6. The predicted molar refractivity (Wildman–Crippen MR) is 81.9 cm³/mol. The third kappa shape index (κ3) is 4.82. The molecule has 0 radical (unpaired) electrons. The van der Waals surface area contributed by atoms with Crippen molar-refractivity contribution in [3.05, 3.63) is 34.3 Å². The van der Waals surface area contributed by atoms with E-state index < -0.39 is 5.41 Å². The molecule has 0 aliphatic carbocycles. The number of aliphatic hydroxyl groups excluding tert-OH is 2. The number of halogens is 1. The quantitative estimate of drug-likeness (QED) is 0.637. The zero-order chi connectivity index (χ0) is 14.8. The summed E-state index contributed by atoms with van der Waals surface area (Å²) in [6.45, 7) is 1.55. The van der Waals surface area contributed by atoms with Crippen LogP contribution in [0.5, 0.6) is 0 Å². The van der Waals surface area contributed by atoms with Crippen molar-refractivity contribution < 1.29 is 19.7 Å². The number of benzene rings is 1. The molecule has 20 heavy (non-hydrogen) atoms. The van der Waals surface area contributed by atoms with Gasteiger partial charge in [-0.05, 0) is 24.5 Å². The van der Waals surface area contributed by atoms with Crippen LogP contribution in [0.4, 0.5) is 0 Å². The maximum atomic E-state index is 9.75. The van der Waals surface area contributed by atoms with Crippen molar-refractivity contribution in [3.63, 3.8) is 0 Å². The van der Waals surface area contributed by atoms with Crippen LogP contribution in [-0.2, 0) is 14.9 Å². The number of rotatable bonds is 10. The summed E-state index contributed by atoms with van der Waals surface area (Å²) < 4.78 is 11.2. The highest BCUT2D eigenvalue weighted by molar-refractivity contribution is 9.10. The van der Waals surface area contributed by atoms with Gasteiger partial charge in [-0.15, -0.1) is 0 Å². The molecule has 0 saturated carbocycles. The molecule has 0 bridgehead atoms. The minimum atomic E-state index is -0.634. The lowest BCUT2D eigenvalue weighted by Gasteiger charge is -2.31. The summed E-state index contributed by atoms with van der Waals surface area (Å²) in [5.74, 6) is 0. The topological polar surface area (TPSA) is 58.9 Å². The summed E-state index contributed by atoms with van der Waals surface area (Å²) >= 11 is 3.49. The van der Waals surface area contributed by atoms with Gasteiger partial charge in [-0.1, -0.05) is 34.1 Å². The van der Waals surface area contributed by atoms with E-state index in [9.17, 15) is 10.2 Å². The third-order valence-electron chi connectivity index (χ3n) is 3.43. The van der Waals surface area contributed by atoms with E-state index >= 15 is 0 Å². The fourth-order valence-electron chi connectivity index (χ4n) is 2.16. The van der Waals surface area contributed by atoms with Gasteiger partial charge < -0.3 is 19.7 Å². The lowest BCUT2D eigenvalue weighted by molar-refractivity contribution is 0.0570. The molecule has 114 valence electrons. The van der Waals surface area contributed by atoms with Gasteiger partial charge in [-0.2, -0.15) is 0 Å². The Kier molecular flexibility index (Phi) is 8.33. The molecule has 0 fully saturated rings. The van der Waals surface area contributed by atoms with Crippen LogP contribution in [0.1, 0.15) is 18.4 Å². The molecule has 0 aromatic heterocycles. The van der Waals surface area contributed by atoms with Crippen molar-refractivity contribution in [1.29, 1.82) is 0 Å². The number of hydrogen-bond donors (Lipinski definition) is 2. The number of methoxy groups -OCH3 is 1. The van der Waals surface area contributed by atoms with Gasteiger partial charge in [0.25, 0.3) is 0 Å². The van der Waals surface area contributed by atoms with Gasteiger partial charge in [0, 0.05) is 23.6 Å². The Hall–Kier alpha value is -0.460. The Labute approximate surface area is 128 Å². The fourth-order valence-corrected chi connectivity index (χ4v) is 2.87. The monoisotopic (exact) mass is 346 g/mol. The second kappa shape index (κ2) is 9.47. The van der Waals surface area contributed by atoms with E-state index in [4.69, 9.17) is 9.47 Å². The third-order valence-corrected chi connectivity index (χ3v) is 4.12. The van der Waals surface area contributed by atoms with Crippen LogP contribution in [0.15, 0.2) is 28.7 Å². The van der Waals surface area contributed by atoms with Gasteiger partial charge in [-0.3, -0.25) is 0 Å². The molecule has 1 aromatic carbocycles. The molecule has 0 spiro atoms. The van der Waals surface area contributed by atoms with Crippen LogP contribution in [0, 0.1) is 0 Å². The summed E-state index contributed by atoms with van der Waals surface area (Å²) in [5.41, 5.74) is 0.298. The Bertz CT molecular complexity index is 380. The second-order valence-corrected chi connectivity index (χ2v) is 5.64. The van der Waals surface area contributed by atoms with Crippen molar-refractivity contribution in [3.8, 4) is 0 Å². The molecule has 0 unspecified atom stereocenters. The fraction of sp³-hybridized carbons (Fsp3) is 0.600. The second-order valence-electron chi connectivity index (χ2n) is 4.79. The predicted octanol–water partition coefficient (Wildman–Crippen LogP) is 2.11. The van der Waals surface area contributed by atoms with E-state index in [-0.39, 0.29) is 13.2 Å². The summed E-state index contributed by atoms with van der Waals surface area (Å²) in [4.78, 5) is 0. The zero-order valence-electron chi connectivity index (χ0n) is 11.8. The molecule has 1 rings (SSSR count). The van der Waals surface area contributed by atoms with Crippen LogP contribution in [0.25, 0.3) is 0 Å². The minimum Gasteiger partial charge on any atom is -0.395 e. The highest BCUT2D eigenvalue weighted by atomic mass is 79.9. The van der Waals surface area contributed by atoms with Crippen molar-refractivity contribution >= 4 is 15.9 Å². The summed E-state index contributed by atoms with van der Waals surface area (Å²) in [6, 6.07) is 7.68. The first-order valence-electron chi connectivity index (χ1n) is 6.73. The number of hydrogen-bond acceptors (Lipinski definition) is 4. The van der Waals surface area contributed by atoms with Crippen molar-refractivity contribution in [1.82, 2.24) is 0 Å². The first-order chi connectivity index (χ1) is 9.70. The molecule has 0 aliphatic rings. The average Bonchev–Trinajstić information content (AvgIpc) is 2.48. The molecular formula is C15H23BrO4. The zero-order valence-corrected chi connectivity index (χ0v) is 13.4. The molecule has 0 atom stereocenters. The Morgan fingerprint density at radius 3 is 2.40 bits per heavy atom. The first-order valence-corrected chi connectivity index (χ1v) is 7.53. The lowest BCUT2D eigenvalue weighted by atomic mass is 9.78. The Balaban J connectivity index is 2.61. The summed E-state index contributed by atoms with van der Waals surface area (Å²) in [5, 5.41) is 19.5. The minimum absolute atomic E-state index is 0.0931. The lowest BCUT2D eigenvalue weighted by Crippen LogP contribution is -2.35. The van der Waals surface area contributed by atoms with E-state index in [0.717, 1.165) is 16.5 Å². The van der Waals surface area contributed by atoms with Gasteiger partial charge in [0.1, 0.15) is 0 Å². The van der Waals surface area contributed by atoms with Gasteiger partial charge in [0.15, 0.2) is 0 Å². The molecule has 0 heterocycles. The van der Waals surface area contributed by atoms with Crippen molar-refractivity contribution in [2.45, 2.75) is 18.3 Å². The molecule has 5 heteroatoms. The van der Waals surface area contributed by atoms with Gasteiger partial charge in [0.05, 0.1) is 26.4 Å². The van der Waals surface area contributed by atoms with Crippen LogP contribution in [0.3, 0.4) is 0 Å². The molecule has 2 N–H and O–H groups in total. The molecule has 0 aliphatic heterocycles. The van der Waals surface area contributed by atoms with E-state index in [0.29, 0.717) is 26.2 Å². The maximum absolute atomic E-state index is 9.75. The Morgan fingerprint density at radius 1 is 1.10 bits per heavy atom. The largest absolute Gasteiger partial charge is 0.395 e. The van der Waals surface area contributed by atoms with Crippen LogP contribution in [-0.4, -0.2) is 50.4 Å². The van der Waals surface area contributed by atoms with E-state index in [1.807, 2.05) is 24.3 Å². The van der Waals surface area contributed by atoms with Gasteiger partial charge >= 0.3 is 0 Å². The average molecular weight is 347 g/mol. The van der Waals surface area contributed by atoms with Gasteiger partial charge in [-0.25, -0.2) is 0 Å². The SMILES string of the molecule is COCCOCCCC(CO)(CO)c1ccccc1Br. The van der Waals surface area contributed by atoms with Crippen LogP contribution >= 0.6 is 15.9 Å². The van der Waals surface area contributed by atoms with Gasteiger partial charge in [0.2, 0.25) is 0 Å². The normalized spacial score (nSPS) is 11.8. The van der Waals surface area contributed by atoms with Crippen LogP contribution < -0.4 is 0 Å². The summed E-state index contributed by atoms with van der Waals surface area (Å²) in [7, 11) is 1.64. The highest BCUT2D eigenvalue weighted by Gasteiger charge is 2.32. The van der Waals surface area contributed by atoms with E-state index in [1.54, 1.807) is 7.11 Å². The molecule has 4 nitrogen and oxygen atoms in total. The van der Waals surface area contributed by atoms with E-state index in [2.05, 4.69) is 15.9 Å². The number of ether oxygens (including phenoxy) is 2. The molecule has 1 aromatic rings. The number of aliphatic hydroxyl groups is 2. The molecule has 0 saturated heterocycles. The smallest absolute Gasteiger partial charge is 0.0700 e. The van der Waals surface area contributed by atoms with Crippen molar-refractivity contribution in [2.75, 3.05) is 40.1 Å². The van der Waals surface area contributed by atoms with E-state index in [1.165, 1.54) is 0 Å². The molecule has 0 amide bonds. The summed E-state index contributed by atoms with van der Waals surface area (Å²) in [6.07, 6.45) is 1.43. The van der Waals surface area contributed by atoms with Crippen LogP contribution in [0.2, 0.25) is 0 Å². The maximum Gasteiger partial charge on any atom is 0.0700 e. The highest BCUT2D eigenvalue weighted by Crippen LogP contribution is 2.33. The van der Waals surface area contributed by atoms with Crippen molar-refractivity contribution in [2.24, 2.45) is 0 Å². The standard InChI is InChI=1S/C15H23BrO4/c1-19-9-10-20-8-4-7-15(11-17,12-18)13-5-2-3-6-14(13)16/h2-3,5-6,17-18H,4,7-12H2,1H3.